The zero-order valence-electron chi connectivity index (χ0n) is 13.1. The summed E-state index contributed by atoms with van der Waals surface area (Å²) < 4.78 is 5.64. The molecular formula is C18H22N2O2S. The first-order valence-corrected chi connectivity index (χ1v) is 8.92. The van der Waals surface area contributed by atoms with Gasteiger partial charge in [-0.25, -0.2) is 0 Å². The summed E-state index contributed by atoms with van der Waals surface area (Å²) >= 11 is 1.68. The van der Waals surface area contributed by atoms with Crippen LogP contribution in [0.2, 0.25) is 0 Å². The highest BCUT2D eigenvalue weighted by atomic mass is 32.1. The average molecular weight is 330 g/mol. The van der Waals surface area contributed by atoms with E-state index in [4.69, 9.17) is 4.74 Å². The molecule has 2 aromatic rings. The molecule has 1 atom stereocenters. The molecule has 5 heteroatoms. The molecule has 1 amide bonds. The Labute approximate surface area is 141 Å². The summed E-state index contributed by atoms with van der Waals surface area (Å²) in [4.78, 5) is 14.5. The number of hydrogen-bond acceptors (Lipinski definition) is 4. The minimum Gasteiger partial charge on any atom is -0.366 e. The summed E-state index contributed by atoms with van der Waals surface area (Å²) in [6.07, 6.45) is 0.505. The van der Waals surface area contributed by atoms with Crippen LogP contribution in [0.5, 0.6) is 0 Å². The van der Waals surface area contributed by atoms with E-state index in [9.17, 15) is 4.79 Å². The zero-order chi connectivity index (χ0) is 15.9. The van der Waals surface area contributed by atoms with Crippen LogP contribution in [0.15, 0.2) is 47.2 Å². The molecule has 23 heavy (non-hydrogen) atoms. The average Bonchev–Trinajstić information content (AvgIpc) is 3.09. The quantitative estimate of drug-likeness (QED) is 0.884. The monoisotopic (exact) mass is 330 g/mol. The van der Waals surface area contributed by atoms with E-state index in [1.54, 1.807) is 11.3 Å². The second kappa shape index (κ2) is 8.24. The fraction of sp³-hybridized carbons (Fsp3) is 0.389. The summed E-state index contributed by atoms with van der Waals surface area (Å²) in [7, 11) is 0. The molecule has 3 rings (SSSR count). The van der Waals surface area contributed by atoms with Gasteiger partial charge in [-0.15, -0.1) is 0 Å². The van der Waals surface area contributed by atoms with Gasteiger partial charge in [0.1, 0.15) is 6.10 Å². The van der Waals surface area contributed by atoms with Crippen LogP contribution in [0.4, 0.5) is 0 Å². The van der Waals surface area contributed by atoms with Gasteiger partial charge in [-0.2, -0.15) is 11.3 Å². The molecular weight excluding hydrogens is 308 g/mol. The third-order valence-corrected chi connectivity index (χ3v) is 4.72. The van der Waals surface area contributed by atoms with Crippen LogP contribution in [0, 0.1) is 0 Å². The molecule has 1 aromatic carbocycles. The predicted octanol–water partition coefficient (Wildman–Crippen LogP) is 2.31. The lowest BCUT2D eigenvalue weighted by atomic mass is 10.2. The number of ether oxygens (including phenoxy) is 1. The molecule has 4 nitrogen and oxygen atoms in total. The number of morpholine rings is 1. The van der Waals surface area contributed by atoms with Crippen molar-refractivity contribution in [3.63, 3.8) is 0 Å². The highest BCUT2D eigenvalue weighted by Crippen LogP contribution is 2.11. The summed E-state index contributed by atoms with van der Waals surface area (Å²) in [6, 6.07) is 12.4. The lowest BCUT2D eigenvalue weighted by molar-refractivity contribution is -0.138. The van der Waals surface area contributed by atoms with E-state index >= 15 is 0 Å². The second-order valence-corrected chi connectivity index (χ2v) is 6.53. The Morgan fingerprint density at radius 1 is 1.26 bits per heavy atom. The first kappa shape index (κ1) is 16.2. The maximum atomic E-state index is 12.3. The molecule has 2 heterocycles. The first-order valence-electron chi connectivity index (χ1n) is 7.98. The molecule has 0 saturated carbocycles. The van der Waals surface area contributed by atoms with Gasteiger partial charge in [0.25, 0.3) is 0 Å². The Hall–Kier alpha value is -1.69. The summed E-state index contributed by atoms with van der Waals surface area (Å²) in [5.41, 5.74) is 2.54. The molecule has 1 fully saturated rings. The summed E-state index contributed by atoms with van der Waals surface area (Å²) in [5.74, 6) is -0.00186. The standard InChI is InChI=1S/C18H22N2O2S/c21-18(19-8-6-16-7-11-23-14-16)17-13-20(9-10-22-17)12-15-4-2-1-3-5-15/h1-5,7,11,14,17H,6,8-10,12-13H2,(H,19,21). The maximum absolute atomic E-state index is 12.3. The maximum Gasteiger partial charge on any atom is 0.250 e. The normalized spacial score (nSPS) is 18.7. The van der Waals surface area contributed by atoms with Crippen LogP contribution in [-0.4, -0.2) is 43.2 Å². The third-order valence-electron chi connectivity index (χ3n) is 3.99. The molecule has 1 saturated heterocycles. The van der Waals surface area contributed by atoms with Gasteiger partial charge in [-0.05, 0) is 34.4 Å². The summed E-state index contributed by atoms with van der Waals surface area (Å²) in [5, 5.41) is 7.16. The molecule has 1 aliphatic rings. The van der Waals surface area contributed by atoms with Crippen LogP contribution in [-0.2, 0) is 22.5 Å². The minimum atomic E-state index is -0.366. The van der Waals surface area contributed by atoms with Crippen molar-refractivity contribution < 1.29 is 9.53 Å². The number of amides is 1. The number of benzene rings is 1. The van der Waals surface area contributed by atoms with Crippen molar-refractivity contribution in [2.75, 3.05) is 26.2 Å². The van der Waals surface area contributed by atoms with E-state index in [2.05, 4.69) is 39.2 Å². The Kier molecular flexibility index (Phi) is 5.80. The van der Waals surface area contributed by atoms with Crippen LogP contribution in [0.3, 0.4) is 0 Å². The zero-order valence-corrected chi connectivity index (χ0v) is 13.9. The van der Waals surface area contributed by atoms with Crippen molar-refractivity contribution >= 4 is 17.2 Å². The van der Waals surface area contributed by atoms with Gasteiger partial charge in [-0.3, -0.25) is 9.69 Å². The Morgan fingerprint density at radius 3 is 2.91 bits per heavy atom. The number of nitrogens with zero attached hydrogens (tertiary/aromatic N) is 1. The van der Waals surface area contributed by atoms with E-state index in [1.165, 1.54) is 11.1 Å². The van der Waals surface area contributed by atoms with Gasteiger partial charge in [0.05, 0.1) is 6.61 Å². The van der Waals surface area contributed by atoms with Gasteiger partial charge in [-0.1, -0.05) is 30.3 Å². The highest BCUT2D eigenvalue weighted by Gasteiger charge is 2.26. The molecule has 0 radical (unpaired) electrons. The van der Waals surface area contributed by atoms with Crippen molar-refractivity contribution in [2.24, 2.45) is 0 Å². The number of hydrogen-bond donors (Lipinski definition) is 1. The van der Waals surface area contributed by atoms with E-state index in [0.29, 0.717) is 19.7 Å². The van der Waals surface area contributed by atoms with Crippen molar-refractivity contribution in [3.05, 3.63) is 58.3 Å². The van der Waals surface area contributed by atoms with Crippen molar-refractivity contribution in [2.45, 2.75) is 19.1 Å². The molecule has 0 aliphatic carbocycles. The molecule has 0 bridgehead atoms. The molecule has 1 aliphatic heterocycles. The number of thiophene rings is 1. The van der Waals surface area contributed by atoms with E-state index in [-0.39, 0.29) is 12.0 Å². The number of nitrogens with one attached hydrogen (secondary N) is 1. The van der Waals surface area contributed by atoms with E-state index < -0.39 is 0 Å². The van der Waals surface area contributed by atoms with E-state index in [1.807, 2.05) is 18.2 Å². The Balaban J connectivity index is 1.44. The van der Waals surface area contributed by atoms with Crippen LogP contribution in [0.25, 0.3) is 0 Å². The fourth-order valence-corrected chi connectivity index (χ4v) is 3.43. The topological polar surface area (TPSA) is 41.6 Å². The largest absolute Gasteiger partial charge is 0.366 e. The molecule has 1 unspecified atom stereocenters. The Morgan fingerprint density at radius 2 is 2.13 bits per heavy atom. The summed E-state index contributed by atoms with van der Waals surface area (Å²) in [6.45, 7) is 3.65. The third kappa shape index (κ3) is 4.89. The molecule has 1 N–H and O–H groups in total. The van der Waals surface area contributed by atoms with Gasteiger partial charge in [0.15, 0.2) is 0 Å². The van der Waals surface area contributed by atoms with Crippen LogP contribution in [0.1, 0.15) is 11.1 Å². The van der Waals surface area contributed by atoms with Gasteiger partial charge >= 0.3 is 0 Å². The van der Waals surface area contributed by atoms with Crippen molar-refractivity contribution in [1.29, 1.82) is 0 Å². The lowest BCUT2D eigenvalue weighted by Crippen LogP contribution is -2.49. The molecule has 1 aromatic heterocycles. The first-order chi connectivity index (χ1) is 11.3. The predicted molar refractivity (Wildman–Crippen MR) is 92.5 cm³/mol. The second-order valence-electron chi connectivity index (χ2n) is 5.75. The van der Waals surface area contributed by atoms with Gasteiger partial charge in [0, 0.05) is 26.2 Å². The number of rotatable bonds is 6. The lowest BCUT2D eigenvalue weighted by Gasteiger charge is -2.32. The van der Waals surface area contributed by atoms with Crippen LogP contribution < -0.4 is 5.32 Å². The highest BCUT2D eigenvalue weighted by molar-refractivity contribution is 7.07. The Bertz CT molecular complexity index is 601. The smallest absolute Gasteiger partial charge is 0.250 e. The number of carbonyl (C=O) groups excluding carboxylic acids is 1. The SMILES string of the molecule is O=C(NCCc1ccsc1)C1CN(Cc2ccccc2)CCO1. The molecule has 0 spiro atoms. The number of carbonyl (C=O) groups is 1. The van der Waals surface area contributed by atoms with Crippen molar-refractivity contribution in [3.8, 4) is 0 Å². The van der Waals surface area contributed by atoms with E-state index in [0.717, 1.165) is 19.5 Å². The fourth-order valence-electron chi connectivity index (χ4n) is 2.73. The van der Waals surface area contributed by atoms with Crippen molar-refractivity contribution in [1.82, 2.24) is 10.2 Å². The minimum absolute atomic E-state index is 0.00186. The van der Waals surface area contributed by atoms with Gasteiger partial charge in [0.2, 0.25) is 5.91 Å². The van der Waals surface area contributed by atoms with Crippen LogP contribution >= 0.6 is 11.3 Å². The van der Waals surface area contributed by atoms with Gasteiger partial charge < -0.3 is 10.1 Å². The molecule has 122 valence electrons.